The van der Waals surface area contributed by atoms with Gasteiger partial charge in [0.25, 0.3) is 0 Å². The summed E-state index contributed by atoms with van der Waals surface area (Å²) in [5.74, 6) is 0. The average Bonchev–Trinajstić information content (AvgIpc) is 3.26. The van der Waals surface area contributed by atoms with Crippen molar-refractivity contribution in [3.05, 3.63) is 91.1 Å². The highest BCUT2D eigenvalue weighted by molar-refractivity contribution is 6.11. The van der Waals surface area contributed by atoms with Crippen molar-refractivity contribution < 1.29 is 0 Å². The summed E-state index contributed by atoms with van der Waals surface area (Å²) in [5, 5.41) is 6.33. The van der Waals surface area contributed by atoms with E-state index in [-0.39, 0.29) is 0 Å². The highest BCUT2D eigenvalue weighted by Crippen LogP contribution is 2.32. The van der Waals surface area contributed by atoms with Gasteiger partial charge in [-0.2, -0.15) is 0 Å². The van der Waals surface area contributed by atoms with Crippen molar-refractivity contribution in [1.82, 2.24) is 9.55 Å². The van der Waals surface area contributed by atoms with Gasteiger partial charge in [-0.05, 0) is 35.7 Å². The van der Waals surface area contributed by atoms with Gasteiger partial charge in [0.05, 0.1) is 11.2 Å². The van der Waals surface area contributed by atoms with Crippen LogP contribution >= 0.6 is 0 Å². The minimum atomic E-state index is 1.19. The van der Waals surface area contributed by atoms with Crippen molar-refractivity contribution in [2.75, 3.05) is 0 Å². The maximum atomic E-state index is 3.54. The maximum Gasteiger partial charge on any atom is 0.0536 e. The summed E-state index contributed by atoms with van der Waals surface area (Å²) in [6.07, 6.45) is 2.17. The number of para-hydroxylation sites is 1. The second-order valence-corrected chi connectivity index (χ2v) is 6.81. The highest BCUT2D eigenvalue weighted by atomic mass is 15.0. The smallest absolute Gasteiger partial charge is 0.0536 e. The number of nitrogens with zero attached hydrogens (tertiary/aromatic N) is 1. The molecule has 0 aliphatic rings. The molecular formula is C24H16N2. The number of fused-ring (bicyclic) bond motifs is 5. The summed E-state index contributed by atoms with van der Waals surface area (Å²) in [4.78, 5) is 3.54. The third kappa shape index (κ3) is 1.81. The van der Waals surface area contributed by atoms with E-state index in [2.05, 4.69) is 101 Å². The zero-order valence-corrected chi connectivity index (χ0v) is 14.1. The molecule has 0 radical (unpaired) electrons. The Labute approximate surface area is 150 Å². The molecule has 0 fully saturated rings. The molecule has 0 saturated heterocycles. The van der Waals surface area contributed by atoms with E-state index in [1.807, 2.05) is 0 Å². The molecule has 0 amide bonds. The van der Waals surface area contributed by atoms with Gasteiger partial charge in [0, 0.05) is 38.8 Å². The molecule has 6 aromatic rings. The van der Waals surface area contributed by atoms with Crippen LogP contribution in [0.1, 0.15) is 0 Å². The largest absolute Gasteiger partial charge is 0.354 e. The van der Waals surface area contributed by atoms with Crippen LogP contribution in [-0.2, 0) is 0 Å². The number of nitrogens with one attached hydrogen (secondary N) is 1. The van der Waals surface area contributed by atoms with E-state index in [4.69, 9.17) is 0 Å². The average molecular weight is 332 g/mol. The monoisotopic (exact) mass is 332 g/mol. The molecule has 122 valence electrons. The fourth-order valence-electron chi connectivity index (χ4n) is 4.11. The molecule has 0 aliphatic carbocycles. The molecule has 0 spiro atoms. The number of rotatable bonds is 1. The van der Waals surface area contributed by atoms with Crippen LogP contribution in [0.2, 0.25) is 0 Å². The van der Waals surface area contributed by atoms with Crippen molar-refractivity contribution in [2.45, 2.75) is 0 Å². The van der Waals surface area contributed by atoms with Gasteiger partial charge in [-0.25, -0.2) is 0 Å². The molecule has 0 saturated carbocycles. The van der Waals surface area contributed by atoms with Crippen LogP contribution in [0, 0.1) is 0 Å². The molecule has 2 nitrogen and oxygen atoms in total. The van der Waals surface area contributed by atoms with Gasteiger partial charge in [0.2, 0.25) is 0 Å². The lowest BCUT2D eigenvalue weighted by Gasteiger charge is -2.10. The number of H-pyrrole nitrogens is 1. The lowest BCUT2D eigenvalue weighted by atomic mass is 10.1. The normalized spacial score (nSPS) is 11.8. The summed E-state index contributed by atoms with van der Waals surface area (Å²) in [5.41, 5.74) is 4.83. The number of hydrogen-bond donors (Lipinski definition) is 1. The molecule has 2 heteroatoms. The van der Waals surface area contributed by atoms with Gasteiger partial charge < -0.3 is 9.55 Å². The first-order chi connectivity index (χ1) is 12.9. The van der Waals surface area contributed by atoms with Crippen LogP contribution in [-0.4, -0.2) is 9.55 Å². The summed E-state index contributed by atoms with van der Waals surface area (Å²) in [6.45, 7) is 0. The van der Waals surface area contributed by atoms with Crippen LogP contribution < -0.4 is 0 Å². The summed E-state index contributed by atoms with van der Waals surface area (Å²) in [7, 11) is 0. The van der Waals surface area contributed by atoms with Gasteiger partial charge in [-0.3, -0.25) is 0 Å². The topological polar surface area (TPSA) is 20.7 Å². The number of hydrogen-bond acceptors (Lipinski definition) is 0. The minimum Gasteiger partial charge on any atom is -0.354 e. The highest BCUT2D eigenvalue weighted by Gasteiger charge is 2.10. The molecule has 0 unspecified atom stereocenters. The minimum absolute atomic E-state index is 1.19. The Morgan fingerprint density at radius 3 is 2.35 bits per heavy atom. The van der Waals surface area contributed by atoms with E-state index in [1.165, 1.54) is 49.2 Å². The van der Waals surface area contributed by atoms with Crippen molar-refractivity contribution in [3.8, 4) is 5.69 Å². The number of aromatic amines is 1. The third-order valence-electron chi connectivity index (χ3n) is 5.34. The molecule has 0 aliphatic heterocycles. The van der Waals surface area contributed by atoms with Crippen LogP contribution in [0.4, 0.5) is 0 Å². The summed E-state index contributed by atoms with van der Waals surface area (Å²) >= 11 is 0. The first kappa shape index (κ1) is 13.7. The van der Waals surface area contributed by atoms with Crippen LogP contribution in [0.15, 0.2) is 91.1 Å². The lowest BCUT2D eigenvalue weighted by molar-refractivity contribution is 1.14. The first-order valence-corrected chi connectivity index (χ1v) is 8.88. The van der Waals surface area contributed by atoms with Gasteiger partial charge >= 0.3 is 0 Å². The second-order valence-electron chi connectivity index (χ2n) is 6.81. The molecule has 0 bridgehead atoms. The third-order valence-corrected chi connectivity index (χ3v) is 5.34. The van der Waals surface area contributed by atoms with Gasteiger partial charge in [-0.15, -0.1) is 0 Å². The Morgan fingerprint density at radius 2 is 1.38 bits per heavy atom. The van der Waals surface area contributed by atoms with Crippen molar-refractivity contribution in [1.29, 1.82) is 0 Å². The van der Waals surface area contributed by atoms with Gasteiger partial charge in [-0.1, -0.05) is 54.6 Å². The van der Waals surface area contributed by atoms with E-state index < -0.39 is 0 Å². The van der Waals surface area contributed by atoms with E-state index in [9.17, 15) is 0 Å². The van der Waals surface area contributed by atoms with Crippen LogP contribution in [0.25, 0.3) is 49.2 Å². The maximum absolute atomic E-state index is 3.54. The van der Waals surface area contributed by atoms with Crippen molar-refractivity contribution in [2.24, 2.45) is 0 Å². The standard InChI is InChI=1S/C24H16N2/c1-2-8-18-16(6-1)7-5-11-23(18)26-13-12-17-14-22-20(15-24(17)26)19-9-3-4-10-21(19)25-22/h1-15,25H. The fraction of sp³-hybridized carbons (Fsp3) is 0. The SMILES string of the molecule is c1ccc2c(-n3ccc4cc5[nH]c6ccccc6c5cc43)cccc2c1. The molecule has 0 atom stereocenters. The fourth-order valence-corrected chi connectivity index (χ4v) is 4.11. The van der Waals surface area contributed by atoms with E-state index in [1.54, 1.807) is 0 Å². The van der Waals surface area contributed by atoms with E-state index in [0.717, 1.165) is 0 Å². The van der Waals surface area contributed by atoms with Gasteiger partial charge in [0.1, 0.15) is 0 Å². The van der Waals surface area contributed by atoms with Crippen molar-refractivity contribution in [3.63, 3.8) is 0 Å². The Kier molecular flexibility index (Phi) is 2.64. The molecule has 2 aromatic heterocycles. The van der Waals surface area contributed by atoms with Gasteiger partial charge in [0.15, 0.2) is 0 Å². The van der Waals surface area contributed by atoms with E-state index >= 15 is 0 Å². The predicted octanol–water partition coefficient (Wildman–Crippen LogP) is 6.42. The summed E-state index contributed by atoms with van der Waals surface area (Å²) < 4.78 is 2.30. The number of aromatic nitrogens is 2. The Morgan fingerprint density at radius 1 is 0.577 bits per heavy atom. The quantitative estimate of drug-likeness (QED) is 0.359. The zero-order valence-electron chi connectivity index (χ0n) is 14.1. The molecule has 2 heterocycles. The molecule has 4 aromatic carbocycles. The summed E-state index contributed by atoms with van der Waals surface area (Å²) in [6, 6.07) is 30.3. The molecule has 1 N–H and O–H groups in total. The second kappa shape index (κ2) is 4.99. The number of benzene rings is 4. The first-order valence-electron chi connectivity index (χ1n) is 8.88. The van der Waals surface area contributed by atoms with E-state index in [0.29, 0.717) is 0 Å². The van der Waals surface area contributed by atoms with Crippen molar-refractivity contribution >= 4 is 43.5 Å². The Hall–Kier alpha value is -3.52. The van der Waals surface area contributed by atoms with Crippen LogP contribution in [0.3, 0.4) is 0 Å². The molecule has 6 rings (SSSR count). The Balaban J connectivity index is 1.72. The molecule has 26 heavy (non-hydrogen) atoms. The zero-order chi connectivity index (χ0) is 17.1. The predicted molar refractivity (Wildman–Crippen MR) is 110 cm³/mol. The lowest BCUT2D eigenvalue weighted by Crippen LogP contribution is -1.93. The van der Waals surface area contributed by atoms with Crippen LogP contribution in [0.5, 0.6) is 0 Å². The Bertz CT molecular complexity index is 1430. The molecular weight excluding hydrogens is 316 g/mol.